The van der Waals surface area contributed by atoms with Gasteiger partial charge >= 0.3 is 0 Å². The first-order chi connectivity index (χ1) is 12.6. The number of rotatable bonds is 8. The van der Waals surface area contributed by atoms with Gasteiger partial charge in [-0.1, -0.05) is 49.3 Å². The second-order valence-corrected chi connectivity index (χ2v) is 6.24. The van der Waals surface area contributed by atoms with Crippen LogP contribution < -0.4 is 16.0 Å². The summed E-state index contributed by atoms with van der Waals surface area (Å²) >= 11 is 0. The van der Waals surface area contributed by atoms with E-state index in [1.165, 1.54) is 0 Å². The smallest absolute Gasteiger partial charge is 0.222 e. The molecule has 2 aromatic rings. The van der Waals surface area contributed by atoms with E-state index in [-0.39, 0.29) is 29.9 Å². The predicted molar refractivity (Wildman–Crippen MR) is 117 cm³/mol. The van der Waals surface area contributed by atoms with Gasteiger partial charge in [0.1, 0.15) is 0 Å². The molecule has 8 heteroatoms. The summed E-state index contributed by atoms with van der Waals surface area (Å²) in [5.41, 5.74) is 2.01. The number of guanidine groups is 1. The monoisotopic (exact) mass is 485 g/mol. The van der Waals surface area contributed by atoms with Crippen LogP contribution in [0.4, 0.5) is 0 Å². The van der Waals surface area contributed by atoms with Crippen molar-refractivity contribution in [3.8, 4) is 0 Å². The Labute approximate surface area is 177 Å². The lowest BCUT2D eigenvalue weighted by molar-refractivity contribution is -0.121. The van der Waals surface area contributed by atoms with Crippen LogP contribution in [0.2, 0.25) is 0 Å². The number of nitrogens with one attached hydrogen (secondary N) is 3. The fourth-order valence-electron chi connectivity index (χ4n) is 2.26. The van der Waals surface area contributed by atoms with Crippen LogP contribution >= 0.6 is 24.0 Å². The molecule has 0 fully saturated rings. The number of aromatic nitrogens is 1. The Hall–Kier alpha value is -2.10. The Kier molecular flexibility index (Phi) is 10.5. The van der Waals surface area contributed by atoms with Crippen molar-refractivity contribution >= 4 is 35.8 Å². The molecule has 0 atom stereocenters. The van der Waals surface area contributed by atoms with Crippen molar-refractivity contribution < 1.29 is 9.32 Å². The fourth-order valence-corrected chi connectivity index (χ4v) is 2.26. The number of halogens is 1. The normalized spacial score (nSPS) is 11.0. The molecule has 0 saturated heterocycles. The number of carbonyl (C=O) groups is 1. The number of nitrogens with zero attached hydrogens (tertiary/aromatic N) is 2. The van der Waals surface area contributed by atoms with Crippen LogP contribution in [-0.2, 0) is 17.9 Å². The van der Waals surface area contributed by atoms with Crippen molar-refractivity contribution in [2.75, 3.05) is 13.6 Å². The van der Waals surface area contributed by atoms with Crippen molar-refractivity contribution in [2.24, 2.45) is 4.99 Å². The largest absolute Gasteiger partial charge is 0.359 e. The van der Waals surface area contributed by atoms with Crippen LogP contribution in [-0.4, -0.2) is 30.6 Å². The molecule has 3 N–H and O–H groups in total. The second kappa shape index (κ2) is 12.3. The molecule has 2 rings (SSSR count). The van der Waals surface area contributed by atoms with E-state index >= 15 is 0 Å². The van der Waals surface area contributed by atoms with Gasteiger partial charge in [0.15, 0.2) is 11.7 Å². The van der Waals surface area contributed by atoms with Crippen molar-refractivity contribution in [1.29, 1.82) is 0 Å². The van der Waals surface area contributed by atoms with Gasteiger partial charge in [0.25, 0.3) is 0 Å². The molecule has 0 spiro atoms. The summed E-state index contributed by atoms with van der Waals surface area (Å²) in [6.45, 7) is 5.65. The molecule has 27 heavy (non-hydrogen) atoms. The Morgan fingerprint density at radius 3 is 2.52 bits per heavy atom. The van der Waals surface area contributed by atoms with Crippen LogP contribution in [0.1, 0.15) is 43.2 Å². The van der Waals surface area contributed by atoms with E-state index in [0.717, 1.165) is 17.0 Å². The number of hydrogen-bond donors (Lipinski definition) is 3. The van der Waals surface area contributed by atoms with Crippen molar-refractivity contribution in [3.05, 3.63) is 53.4 Å². The molecule has 1 aromatic heterocycles. The van der Waals surface area contributed by atoms with Gasteiger partial charge in [-0.3, -0.25) is 9.79 Å². The van der Waals surface area contributed by atoms with E-state index in [9.17, 15) is 4.79 Å². The lowest BCUT2D eigenvalue weighted by atomic mass is 10.1. The minimum absolute atomic E-state index is 0. The highest BCUT2D eigenvalue weighted by atomic mass is 127. The van der Waals surface area contributed by atoms with E-state index in [1.54, 1.807) is 7.05 Å². The summed E-state index contributed by atoms with van der Waals surface area (Å²) in [6.07, 6.45) is 0.368. The summed E-state index contributed by atoms with van der Waals surface area (Å²) < 4.78 is 5.28. The molecular formula is C19H28IN5O2. The van der Waals surface area contributed by atoms with Crippen LogP contribution in [0.5, 0.6) is 0 Å². The average molecular weight is 485 g/mol. The van der Waals surface area contributed by atoms with Gasteiger partial charge in [-0.25, -0.2) is 0 Å². The highest BCUT2D eigenvalue weighted by Crippen LogP contribution is 2.13. The molecule has 7 nitrogen and oxygen atoms in total. The molecule has 1 heterocycles. The highest BCUT2D eigenvalue weighted by molar-refractivity contribution is 14.0. The van der Waals surface area contributed by atoms with E-state index in [1.807, 2.05) is 36.4 Å². The lowest BCUT2D eigenvalue weighted by Gasteiger charge is -2.11. The molecular weight excluding hydrogens is 457 g/mol. The molecule has 0 saturated carbocycles. The molecule has 0 aliphatic rings. The SMILES string of the molecule is CN=C(NCCC(=O)NCc1ccccc1)NCc1cc(C(C)C)no1.I. The van der Waals surface area contributed by atoms with Gasteiger partial charge < -0.3 is 20.5 Å². The maximum Gasteiger partial charge on any atom is 0.222 e. The van der Waals surface area contributed by atoms with Gasteiger partial charge in [0, 0.05) is 32.6 Å². The highest BCUT2D eigenvalue weighted by Gasteiger charge is 2.08. The summed E-state index contributed by atoms with van der Waals surface area (Å²) in [4.78, 5) is 16.0. The topological polar surface area (TPSA) is 91.5 Å². The molecule has 0 unspecified atom stereocenters. The quantitative estimate of drug-likeness (QED) is 0.304. The number of amides is 1. The molecule has 1 aromatic carbocycles. The van der Waals surface area contributed by atoms with Crippen molar-refractivity contribution in [3.63, 3.8) is 0 Å². The molecule has 148 valence electrons. The number of aliphatic imine (C=N–C) groups is 1. The third kappa shape index (κ3) is 8.42. The number of benzene rings is 1. The third-order valence-electron chi connectivity index (χ3n) is 3.80. The molecule has 0 aliphatic heterocycles. The predicted octanol–water partition coefficient (Wildman–Crippen LogP) is 2.79. The Balaban J connectivity index is 0.00000364. The van der Waals surface area contributed by atoms with Crippen LogP contribution in [0.15, 0.2) is 45.9 Å². The summed E-state index contributed by atoms with van der Waals surface area (Å²) in [5.74, 6) is 1.69. The minimum atomic E-state index is -0.00591. The first-order valence-electron chi connectivity index (χ1n) is 8.79. The Morgan fingerprint density at radius 1 is 1.15 bits per heavy atom. The zero-order valence-electron chi connectivity index (χ0n) is 16.0. The molecule has 0 bridgehead atoms. The molecule has 0 aliphatic carbocycles. The Morgan fingerprint density at radius 2 is 1.89 bits per heavy atom. The summed E-state index contributed by atoms with van der Waals surface area (Å²) in [5, 5.41) is 13.2. The van der Waals surface area contributed by atoms with Gasteiger partial charge in [-0.15, -0.1) is 24.0 Å². The van der Waals surface area contributed by atoms with Gasteiger partial charge in [0.2, 0.25) is 5.91 Å². The first-order valence-corrected chi connectivity index (χ1v) is 8.79. The first kappa shape index (κ1) is 22.9. The Bertz CT molecular complexity index is 716. The molecule has 0 radical (unpaired) electrons. The van der Waals surface area contributed by atoms with Crippen molar-refractivity contribution in [1.82, 2.24) is 21.1 Å². The van der Waals surface area contributed by atoms with E-state index < -0.39 is 0 Å². The van der Waals surface area contributed by atoms with Gasteiger partial charge in [0.05, 0.1) is 12.2 Å². The van der Waals surface area contributed by atoms with Gasteiger partial charge in [-0.05, 0) is 11.5 Å². The molecule has 1 amide bonds. The van der Waals surface area contributed by atoms with E-state index in [4.69, 9.17) is 4.52 Å². The maximum absolute atomic E-state index is 11.9. The van der Waals surface area contributed by atoms with Crippen LogP contribution in [0.25, 0.3) is 0 Å². The zero-order chi connectivity index (χ0) is 18.8. The maximum atomic E-state index is 11.9. The summed E-state index contributed by atoms with van der Waals surface area (Å²) in [6, 6.07) is 11.8. The minimum Gasteiger partial charge on any atom is -0.359 e. The van der Waals surface area contributed by atoms with E-state index in [2.05, 4.69) is 39.9 Å². The van der Waals surface area contributed by atoms with Crippen molar-refractivity contribution in [2.45, 2.75) is 39.3 Å². The number of hydrogen-bond acceptors (Lipinski definition) is 4. The summed E-state index contributed by atoms with van der Waals surface area (Å²) in [7, 11) is 1.69. The average Bonchev–Trinajstić information content (AvgIpc) is 3.13. The number of carbonyl (C=O) groups excluding carboxylic acids is 1. The zero-order valence-corrected chi connectivity index (χ0v) is 18.3. The second-order valence-electron chi connectivity index (χ2n) is 6.24. The van der Waals surface area contributed by atoms with Crippen LogP contribution in [0, 0.1) is 0 Å². The van der Waals surface area contributed by atoms with E-state index in [0.29, 0.717) is 37.9 Å². The van der Waals surface area contributed by atoms with Gasteiger partial charge in [-0.2, -0.15) is 0 Å². The third-order valence-corrected chi connectivity index (χ3v) is 3.80. The van der Waals surface area contributed by atoms with Crippen LogP contribution in [0.3, 0.4) is 0 Å². The fraction of sp³-hybridized carbons (Fsp3) is 0.421. The lowest BCUT2D eigenvalue weighted by Crippen LogP contribution is -2.38. The standard InChI is InChI=1S/C19H27N5O2.HI/c1-14(2)17-11-16(26-24-17)13-23-19(20-3)21-10-9-18(25)22-12-15-7-5-4-6-8-15;/h4-8,11,14H,9-10,12-13H2,1-3H3,(H,22,25)(H2,20,21,23);1H.